The van der Waals surface area contributed by atoms with Gasteiger partial charge in [0, 0.05) is 22.3 Å². The van der Waals surface area contributed by atoms with E-state index in [0.29, 0.717) is 16.2 Å². The van der Waals surface area contributed by atoms with E-state index in [0.717, 1.165) is 11.5 Å². The fourth-order valence-corrected chi connectivity index (χ4v) is 2.28. The molecule has 0 atom stereocenters. The molecule has 2 aromatic carbocycles. The van der Waals surface area contributed by atoms with Crippen molar-refractivity contribution < 1.29 is 9.18 Å². The molecule has 0 fully saturated rings. The van der Waals surface area contributed by atoms with Crippen molar-refractivity contribution in [2.24, 2.45) is 0 Å². The van der Waals surface area contributed by atoms with Gasteiger partial charge in [-0.1, -0.05) is 29.8 Å². The first-order chi connectivity index (χ1) is 10.6. The number of anilines is 1. The average molecular weight is 315 g/mol. The monoisotopic (exact) mass is 314 g/mol. The van der Waals surface area contributed by atoms with Crippen LogP contribution in [0.25, 0.3) is 16.9 Å². The maximum absolute atomic E-state index is 14.3. The second-order valence-corrected chi connectivity index (χ2v) is 5.14. The van der Waals surface area contributed by atoms with Crippen LogP contribution in [0.3, 0.4) is 0 Å². The predicted octanol–water partition coefficient (Wildman–Crippen LogP) is 4.70. The van der Waals surface area contributed by atoms with Crippen molar-refractivity contribution in [3.8, 4) is 0 Å². The molecule has 3 rings (SSSR count). The number of carbonyl (C=O) groups excluding carboxylic acids is 1. The van der Waals surface area contributed by atoms with Gasteiger partial charge in [-0.3, -0.25) is 9.36 Å². The number of hydrogen-bond acceptors (Lipinski definition) is 1. The molecule has 1 heterocycles. The lowest BCUT2D eigenvalue weighted by Crippen LogP contribution is -2.09. The number of aromatic nitrogens is 1. The smallest absolute Gasteiger partial charge is 0.252 e. The lowest BCUT2D eigenvalue weighted by molar-refractivity contribution is -0.111. The lowest BCUT2D eigenvalue weighted by atomic mass is 10.2. The van der Waals surface area contributed by atoms with Gasteiger partial charge in [0.05, 0.1) is 11.6 Å². The largest absolute Gasteiger partial charge is 0.322 e. The zero-order chi connectivity index (χ0) is 15.5. The normalized spacial score (nSPS) is 11.6. The molecule has 0 aliphatic rings. The van der Waals surface area contributed by atoms with Crippen LogP contribution in [-0.2, 0) is 4.79 Å². The number of carbonyl (C=O) groups is 1. The zero-order valence-electron chi connectivity index (χ0n) is 11.5. The molecule has 1 amide bonds. The summed E-state index contributed by atoms with van der Waals surface area (Å²) < 4.78 is 15.6. The Bertz CT molecular complexity index is 852. The summed E-state index contributed by atoms with van der Waals surface area (Å²) in [5.41, 5.74) is 1.26. The molecule has 0 spiro atoms. The highest BCUT2D eigenvalue weighted by Crippen LogP contribution is 2.20. The van der Waals surface area contributed by atoms with Gasteiger partial charge in [0.25, 0.3) is 5.91 Å². The summed E-state index contributed by atoms with van der Waals surface area (Å²) in [6, 6.07) is 15.8. The van der Waals surface area contributed by atoms with Gasteiger partial charge in [0.15, 0.2) is 0 Å². The van der Waals surface area contributed by atoms with Gasteiger partial charge in [-0.25, -0.2) is 0 Å². The van der Waals surface area contributed by atoms with Crippen LogP contribution in [-0.4, -0.2) is 10.5 Å². The van der Waals surface area contributed by atoms with Crippen molar-refractivity contribution in [2.45, 2.75) is 0 Å². The number of hydrogen-bond donors (Lipinski definition) is 1. The number of rotatable bonds is 3. The second-order valence-electron chi connectivity index (χ2n) is 4.71. The Balaban J connectivity index is 1.81. The summed E-state index contributed by atoms with van der Waals surface area (Å²) >= 11 is 5.77. The van der Waals surface area contributed by atoms with E-state index in [9.17, 15) is 9.18 Å². The Morgan fingerprint density at radius 1 is 1.09 bits per heavy atom. The van der Waals surface area contributed by atoms with Gasteiger partial charge in [0.1, 0.15) is 0 Å². The van der Waals surface area contributed by atoms with E-state index in [1.54, 1.807) is 42.6 Å². The second kappa shape index (κ2) is 6.03. The van der Waals surface area contributed by atoms with Gasteiger partial charge < -0.3 is 5.32 Å². The van der Waals surface area contributed by atoms with E-state index in [-0.39, 0.29) is 0 Å². The number of fused-ring (bicyclic) bond motifs is 1. The van der Waals surface area contributed by atoms with E-state index < -0.39 is 11.9 Å². The predicted molar refractivity (Wildman–Crippen MR) is 87.4 cm³/mol. The molecule has 0 saturated carbocycles. The highest BCUT2D eigenvalue weighted by atomic mass is 35.5. The van der Waals surface area contributed by atoms with Crippen LogP contribution < -0.4 is 5.32 Å². The summed E-state index contributed by atoms with van der Waals surface area (Å²) in [5, 5.41) is 4.06. The first kappa shape index (κ1) is 14.4. The summed E-state index contributed by atoms with van der Waals surface area (Å²) in [7, 11) is 0. The van der Waals surface area contributed by atoms with Gasteiger partial charge in [0.2, 0.25) is 5.95 Å². The molecule has 0 radical (unpaired) electrons. The Labute approximate surface area is 131 Å². The minimum atomic E-state index is -0.646. The molecule has 0 unspecified atom stereocenters. The minimum Gasteiger partial charge on any atom is -0.322 e. The maximum atomic E-state index is 14.3. The summed E-state index contributed by atoms with van der Waals surface area (Å²) in [6.07, 6.45) is 2.51. The van der Waals surface area contributed by atoms with Crippen LogP contribution >= 0.6 is 11.6 Å². The highest BCUT2D eigenvalue weighted by molar-refractivity contribution is 6.30. The van der Waals surface area contributed by atoms with E-state index in [2.05, 4.69) is 5.32 Å². The molecule has 3 nitrogen and oxygen atoms in total. The topological polar surface area (TPSA) is 34.0 Å². The molecular weight excluding hydrogens is 303 g/mol. The van der Waals surface area contributed by atoms with Crippen molar-refractivity contribution in [2.75, 3.05) is 5.32 Å². The first-order valence-electron chi connectivity index (χ1n) is 6.64. The summed E-state index contributed by atoms with van der Waals surface area (Å²) in [5.74, 6) is -1.19. The Morgan fingerprint density at radius 2 is 1.82 bits per heavy atom. The molecule has 1 aromatic heterocycles. The van der Waals surface area contributed by atoms with Crippen LogP contribution in [0.5, 0.6) is 0 Å². The van der Waals surface area contributed by atoms with Crippen molar-refractivity contribution in [1.82, 2.24) is 4.57 Å². The van der Waals surface area contributed by atoms with Crippen LogP contribution in [0.2, 0.25) is 5.02 Å². The van der Waals surface area contributed by atoms with Crippen molar-refractivity contribution >= 4 is 40.0 Å². The lowest BCUT2D eigenvalue weighted by Gasteiger charge is -2.04. The fraction of sp³-hybridized carbons (Fsp3) is 0. The molecule has 22 heavy (non-hydrogen) atoms. The zero-order valence-corrected chi connectivity index (χ0v) is 12.2. The van der Waals surface area contributed by atoms with Crippen LogP contribution in [0.4, 0.5) is 10.1 Å². The van der Waals surface area contributed by atoms with Crippen LogP contribution in [0, 0.1) is 0 Å². The number of para-hydroxylation sites is 1. The standard InChI is InChI=1S/C17H12ClFN2O/c18-13-5-7-14(8-6-13)20-17(22)11-16(19)21-10-9-12-3-1-2-4-15(12)21/h1-11H,(H,20,22)/b16-11+. The third-order valence-corrected chi connectivity index (χ3v) is 3.44. The third-order valence-electron chi connectivity index (χ3n) is 3.19. The average Bonchev–Trinajstić information content (AvgIpc) is 2.93. The summed E-state index contributed by atoms with van der Waals surface area (Å²) in [4.78, 5) is 11.9. The highest BCUT2D eigenvalue weighted by Gasteiger charge is 2.07. The Kier molecular flexibility index (Phi) is 3.94. The molecule has 3 aromatic rings. The van der Waals surface area contributed by atoms with Crippen LogP contribution in [0.15, 0.2) is 66.9 Å². The Morgan fingerprint density at radius 3 is 2.59 bits per heavy atom. The number of nitrogens with one attached hydrogen (secondary N) is 1. The molecule has 110 valence electrons. The molecule has 0 bridgehead atoms. The number of nitrogens with zero attached hydrogens (tertiary/aromatic N) is 1. The summed E-state index contributed by atoms with van der Waals surface area (Å²) in [6.45, 7) is 0. The molecule has 0 saturated heterocycles. The number of halogens is 2. The molecule has 0 aliphatic carbocycles. The van der Waals surface area contributed by atoms with E-state index in [4.69, 9.17) is 11.6 Å². The van der Waals surface area contributed by atoms with Crippen molar-refractivity contribution in [1.29, 1.82) is 0 Å². The van der Waals surface area contributed by atoms with Gasteiger partial charge in [-0.15, -0.1) is 0 Å². The number of amides is 1. The van der Waals surface area contributed by atoms with E-state index in [1.807, 2.05) is 18.2 Å². The molecular formula is C17H12ClFN2O. The van der Waals surface area contributed by atoms with Crippen molar-refractivity contribution in [3.63, 3.8) is 0 Å². The van der Waals surface area contributed by atoms with Crippen molar-refractivity contribution in [3.05, 3.63) is 71.9 Å². The van der Waals surface area contributed by atoms with Crippen LogP contribution in [0.1, 0.15) is 0 Å². The SMILES string of the molecule is O=C(/C=C(\F)n1ccc2ccccc21)Nc1ccc(Cl)cc1. The quantitative estimate of drug-likeness (QED) is 0.698. The maximum Gasteiger partial charge on any atom is 0.252 e. The third kappa shape index (κ3) is 3.02. The molecule has 5 heteroatoms. The van der Waals surface area contributed by atoms with Gasteiger partial charge >= 0.3 is 0 Å². The number of benzene rings is 2. The van der Waals surface area contributed by atoms with E-state index in [1.165, 1.54) is 4.57 Å². The minimum absolute atomic E-state index is 0.544. The van der Waals surface area contributed by atoms with E-state index >= 15 is 0 Å². The first-order valence-corrected chi connectivity index (χ1v) is 7.01. The molecule has 0 aliphatic heterocycles. The Hall–Kier alpha value is -2.59. The molecule has 1 N–H and O–H groups in total. The fourth-order valence-electron chi connectivity index (χ4n) is 2.16. The van der Waals surface area contributed by atoms with Gasteiger partial charge in [-0.05, 0) is 36.4 Å². The van der Waals surface area contributed by atoms with Gasteiger partial charge in [-0.2, -0.15) is 4.39 Å².